The van der Waals surface area contributed by atoms with E-state index in [-0.39, 0.29) is 32.6 Å². The summed E-state index contributed by atoms with van der Waals surface area (Å²) in [6.45, 7) is 3.65. The molecule has 0 spiro atoms. The Morgan fingerprint density at radius 2 is 1.14 bits per heavy atom. The van der Waals surface area contributed by atoms with Crippen molar-refractivity contribution in [3.8, 4) is 0 Å². The molecule has 10 heteroatoms. The molecule has 0 aliphatic carbocycles. The number of carbonyl (C=O) groups excluding carboxylic acids is 2. The zero-order valence-corrected chi connectivity index (χ0v) is 28.3. The lowest BCUT2D eigenvalue weighted by molar-refractivity contribution is -0.161. The summed E-state index contributed by atoms with van der Waals surface area (Å²) in [5.41, 5.74) is 5.30. The number of nitrogens with two attached hydrogens (primary N) is 1. The molecule has 0 saturated carbocycles. The molecule has 0 aromatic carbocycles. The fraction of sp³-hybridized carbons (Fsp3) is 0.879. The van der Waals surface area contributed by atoms with Crippen LogP contribution in [0.5, 0.6) is 0 Å². The Morgan fingerprint density at radius 3 is 1.65 bits per heavy atom. The topological polar surface area (TPSA) is 134 Å². The highest BCUT2D eigenvalue weighted by Crippen LogP contribution is 2.43. The normalized spacial score (nSPS) is 13.7. The summed E-state index contributed by atoms with van der Waals surface area (Å²) < 4.78 is 32.4. The third kappa shape index (κ3) is 30.6. The molecule has 3 N–H and O–H groups in total. The van der Waals surface area contributed by atoms with Crippen LogP contribution in [0.4, 0.5) is 0 Å². The van der Waals surface area contributed by atoms with Gasteiger partial charge in [0.1, 0.15) is 6.61 Å². The van der Waals surface area contributed by atoms with Crippen molar-refractivity contribution in [3.63, 3.8) is 0 Å². The molecule has 0 aliphatic rings. The molecule has 0 heterocycles. The van der Waals surface area contributed by atoms with E-state index in [1.54, 1.807) is 0 Å². The van der Waals surface area contributed by atoms with Gasteiger partial charge in [0.2, 0.25) is 0 Å². The van der Waals surface area contributed by atoms with Crippen LogP contribution in [0.1, 0.15) is 155 Å². The quantitative estimate of drug-likeness (QED) is 0.0323. The number of ether oxygens (including phenoxy) is 2. The average molecular weight is 634 g/mol. The summed E-state index contributed by atoms with van der Waals surface area (Å²) >= 11 is 0. The van der Waals surface area contributed by atoms with Crippen LogP contribution in [0.3, 0.4) is 0 Å². The first-order valence-corrected chi connectivity index (χ1v) is 18.7. The third-order valence-electron chi connectivity index (χ3n) is 7.15. The number of hydrogen-bond donors (Lipinski definition) is 2. The Hall–Kier alpha value is -1.25. The van der Waals surface area contributed by atoms with E-state index in [1.165, 1.54) is 64.2 Å². The molecule has 0 aromatic rings. The number of phosphoric acid groups is 1. The van der Waals surface area contributed by atoms with Gasteiger partial charge in [-0.2, -0.15) is 0 Å². The number of esters is 2. The largest absolute Gasteiger partial charge is 0.472 e. The van der Waals surface area contributed by atoms with Gasteiger partial charge in [0.15, 0.2) is 6.10 Å². The molecule has 0 bridgehead atoms. The Morgan fingerprint density at radius 1 is 0.674 bits per heavy atom. The van der Waals surface area contributed by atoms with Crippen molar-refractivity contribution in [1.29, 1.82) is 0 Å². The van der Waals surface area contributed by atoms with Crippen molar-refractivity contribution >= 4 is 19.8 Å². The number of unbranched alkanes of at least 4 members (excludes halogenated alkanes) is 17. The van der Waals surface area contributed by atoms with E-state index in [0.717, 1.165) is 57.8 Å². The summed E-state index contributed by atoms with van der Waals surface area (Å²) in [7, 11) is -4.36. The molecule has 0 aliphatic heterocycles. The van der Waals surface area contributed by atoms with Crippen LogP contribution in [-0.2, 0) is 32.7 Å². The first kappa shape index (κ1) is 41.8. The van der Waals surface area contributed by atoms with Crippen molar-refractivity contribution in [2.24, 2.45) is 5.73 Å². The molecule has 0 amide bonds. The second kappa shape index (κ2) is 30.8. The highest BCUT2D eigenvalue weighted by atomic mass is 31.2. The van der Waals surface area contributed by atoms with E-state index in [1.807, 2.05) is 0 Å². The predicted molar refractivity (Wildman–Crippen MR) is 174 cm³/mol. The predicted octanol–water partition coefficient (Wildman–Crippen LogP) is 8.71. The van der Waals surface area contributed by atoms with E-state index in [0.29, 0.717) is 6.42 Å². The van der Waals surface area contributed by atoms with Gasteiger partial charge in [-0.3, -0.25) is 18.6 Å². The maximum absolute atomic E-state index is 12.4. The zero-order valence-electron chi connectivity index (χ0n) is 27.4. The standard InChI is InChI=1S/C33H64NO8P/c1-3-5-7-9-11-12-13-14-15-16-17-18-20-21-23-25-32(35)39-29-31(30-41-43(37,38)40-28-27-34)42-33(36)26-24-22-19-10-8-6-4-2/h14-15,31H,3-13,16-30,34H2,1-2H3,(H,37,38)/b15-14+/t31-/m0/s1. The molecule has 0 fully saturated rings. The lowest BCUT2D eigenvalue weighted by Crippen LogP contribution is -2.29. The van der Waals surface area contributed by atoms with Gasteiger partial charge < -0.3 is 20.1 Å². The summed E-state index contributed by atoms with van der Waals surface area (Å²) in [6.07, 6.45) is 26.9. The Labute approximate surface area is 262 Å². The molecule has 0 radical (unpaired) electrons. The molecule has 0 saturated heterocycles. The number of allylic oxidation sites excluding steroid dienone is 2. The highest BCUT2D eigenvalue weighted by molar-refractivity contribution is 7.47. The molecule has 254 valence electrons. The van der Waals surface area contributed by atoms with Crippen molar-refractivity contribution in [3.05, 3.63) is 12.2 Å². The fourth-order valence-electron chi connectivity index (χ4n) is 4.57. The second-order valence-corrected chi connectivity index (χ2v) is 12.8. The summed E-state index contributed by atoms with van der Waals surface area (Å²) in [5, 5.41) is 0. The molecule has 43 heavy (non-hydrogen) atoms. The summed E-state index contributed by atoms with van der Waals surface area (Å²) in [6, 6.07) is 0. The minimum Gasteiger partial charge on any atom is -0.462 e. The average Bonchev–Trinajstić information content (AvgIpc) is 2.99. The molecule has 2 atom stereocenters. The van der Waals surface area contributed by atoms with Gasteiger partial charge in [-0.1, -0.05) is 116 Å². The number of rotatable bonds is 32. The first-order chi connectivity index (χ1) is 20.8. The first-order valence-electron chi connectivity index (χ1n) is 17.2. The van der Waals surface area contributed by atoms with Gasteiger partial charge in [0, 0.05) is 19.4 Å². The van der Waals surface area contributed by atoms with E-state index in [4.69, 9.17) is 24.3 Å². The summed E-state index contributed by atoms with van der Waals surface area (Å²) in [4.78, 5) is 34.4. The Balaban J connectivity index is 4.20. The van der Waals surface area contributed by atoms with Crippen molar-refractivity contribution in [2.45, 2.75) is 161 Å². The van der Waals surface area contributed by atoms with Crippen molar-refractivity contribution < 1.29 is 37.6 Å². The van der Waals surface area contributed by atoms with Gasteiger partial charge >= 0.3 is 19.8 Å². The maximum atomic E-state index is 12.4. The van der Waals surface area contributed by atoms with Crippen LogP contribution in [-0.4, -0.2) is 49.3 Å². The van der Waals surface area contributed by atoms with Gasteiger partial charge in [0.05, 0.1) is 13.2 Å². The minimum atomic E-state index is -4.36. The second-order valence-electron chi connectivity index (χ2n) is 11.4. The van der Waals surface area contributed by atoms with Gasteiger partial charge in [0.25, 0.3) is 0 Å². The molecule has 1 unspecified atom stereocenters. The van der Waals surface area contributed by atoms with Crippen LogP contribution >= 0.6 is 7.82 Å². The van der Waals surface area contributed by atoms with Gasteiger partial charge in [-0.25, -0.2) is 4.57 Å². The fourth-order valence-corrected chi connectivity index (χ4v) is 5.33. The van der Waals surface area contributed by atoms with Crippen molar-refractivity contribution in [1.82, 2.24) is 0 Å². The van der Waals surface area contributed by atoms with E-state index >= 15 is 0 Å². The maximum Gasteiger partial charge on any atom is 0.472 e. The van der Waals surface area contributed by atoms with Gasteiger partial charge in [-0.15, -0.1) is 0 Å². The number of phosphoric ester groups is 1. The van der Waals surface area contributed by atoms with Crippen molar-refractivity contribution in [2.75, 3.05) is 26.4 Å². The number of hydrogen-bond acceptors (Lipinski definition) is 8. The third-order valence-corrected chi connectivity index (χ3v) is 8.14. The molecular formula is C33H64NO8P. The van der Waals surface area contributed by atoms with Crippen LogP contribution in [0, 0.1) is 0 Å². The highest BCUT2D eigenvalue weighted by Gasteiger charge is 2.25. The minimum absolute atomic E-state index is 0.0543. The molecular weight excluding hydrogens is 569 g/mol. The lowest BCUT2D eigenvalue weighted by Gasteiger charge is -2.19. The monoisotopic (exact) mass is 633 g/mol. The molecule has 0 aromatic heterocycles. The van der Waals surface area contributed by atoms with Crippen LogP contribution < -0.4 is 5.73 Å². The van der Waals surface area contributed by atoms with Crippen LogP contribution in [0.25, 0.3) is 0 Å². The van der Waals surface area contributed by atoms with Crippen LogP contribution in [0.2, 0.25) is 0 Å². The van der Waals surface area contributed by atoms with E-state index in [9.17, 15) is 19.0 Å². The molecule has 0 rings (SSSR count). The van der Waals surface area contributed by atoms with E-state index in [2.05, 4.69) is 26.0 Å². The van der Waals surface area contributed by atoms with Gasteiger partial charge in [-0.05, 0) is 38.5 Å². The Bertz CT molecular complexity index is 734. The molecule has 9 nitrogen and oxygen atoms in total. The smallest absolute Gasteiger partial charge is 0.462 e. The van der Waals surface area contributed by atoms with Crippen LogP contribution in [0.15, 0.2) is 12.2 Å². The zero-order chi connectivity index (χ0) is 31.9. The Kier molecular flexibility index (Phi) is 29.9. The summed E-state index contributed by atoms with van der Waals surface area (Å²) in [5.74, 6) is -0.844. The SMILES string of the molecule is CCCCCCCC/C=C/CCCCCCCC(=O)OC[C@@H](COP(=O)(O)OCCN)OC(=O)CCCCCCCCC. The lowest BCUT2D eigenvalue weighted by atomic mass is 10.1. The van der Waals surface area contributed by atoms with E-state index < -0.39 is 32.5 Å². The number of carbonyl (C=O) groups is 2.